The van der Waals surface area contributed by atoms with Crippen LogP contribution in [0, 0.1) is 5.41 Å². The molecule has 1 aliphatic rings. The van der Waals surface area contributed by atoms with E-state index in [4.69, 9.17) is 5.11 Å². The van der Waals surface area contributed by atoms with E-state index in [0.29, 0.717) is 13.0 Å². The smallest absolute Gasteiger partial charge is 0.317 e. The normalized spacial score (nSPS) is 20.4. The number of carbonyl (C=O) groups excluding carboxylic acids is 1. The number of nitrogens with one attached hydrogen (secondary N) is 1. The highest BCUT2D eigenvalue weighted by Crippen LogP contribution is 2.26. The van der Waals surface area contributed by atoms with Gasteiger partial charge in [0.2, 0.25) is 0 Å². The molecule has 2 N–H and O–H groups in total. The van der Waals surface area contributed by atoms with Gasteiger partial charge in [-0.1, -0.05) is 13.8 Å². The lowest BCUT2D eigenvalue weighted by atomic mass is 9.84. The molecule has 0 aromatic heterocycles. The lowest BCUT2D eigenvalue weighted by molar-refractivity contribution is -0.137. The molecule has 0 bridgehead atoms. The van der Waals surface area contributed by atoms with E-state index in [0.717, 1.165) is 26.1 Å². The first kappa shape index (κ1) is 17.8. The van der Waals surface area contributed by atoms with Crippen molar-refractivity contribution in [3.8, 4) is 0 Å². The predicted octanol–water partition coefficient (Wildman–Crippen LogP) is 1.61. The Hall–Kier alpha value is -1.30. The summed E-state index contributed by atoms with van der Waals surface area (Å²) in [4.78, 5) is 26.9. The number of aliphatic carboxylic acids is 1. The van der Waals surface area contributed by atoms with E-state index in [9.17, 15) is 9.59 Å². The van der Waals surface area contributed by atoms with Gasteiger partial charge >= 0.3 is 12.0 Å². The van der Waals surface area contributed by atoms with Crippen molar-refractivity contribution < 1.29 is 14.7 Å². The van der Waals surface area contributed by atoms with E-state index in [2.05, 4.69) is 24.2 Å². The van der Waals surface area contributed by atoms with E-state index >= 15 is 0 Å². The zero-order valence-corrected chi connectivity index (χ0v) is 13.7. The van der Waals surface area contributed by atoms with Gasteiger partial charge in [0.25, 0.3) is 0 Å². The molecule has 21 heavy (non-hydrogen) atoms. The molecule has 122 valence electrons. The molecular weight excluding hydrogens is 270 g/mol. The molecule has 6 heteroatoms. The number of likely N-dealkylation sites (N-methyl/N-ethyl adjacent to an activating group) is 1. The zero-order chi connectivity index (χ0) is 16.0. The van der Waals surface area contributed by atoms with E-state index in [1.54, 1.807) is 0 Å². The van der Waals surface area contributed by atoms with Gasteiger partial charge in [-0.05, 0) is 32.2 Å². The highest BCUT2D eigenvalue weighted by Gasteiger charge is 2.26. The quantitative estimate of drug-likeness (QED) is 0.781. The Bertz CT molecular complexity index is 371. The summed E-state index contributed by atoms with van der Waals surface area (Å²) in [5, 5.41) is 11.7. The van der Waals surface area contributed by atoms with Crippen LogP contribution in [0.15, 0.2) is 0 Å². The van der Waals surface area contributed by atoms with Crippen molar-refractivity contribution in [3.05, 3.63) is 0 Å². The van der Waals surface area contributed by atoms with Gasteiger partial charge in [0, 0.05) is 38.6 Å². The fourth-order valence-corrected chi connectivity index (χ4v) is 2.62. The number of carboxylic acids is 1. The van der Waals surface area contributed by atoms with Gasteiger partial charge in [-0.2, -0.15) is 0 Å². The van der Waals surface area contributed by atoms with E-state index in [1.165, 1.54) is 0 Å². The summed E-state index contributed by atoms with van der Waals surface area (Å²) < 4.78 is 0. The first-order valence-corrected chi connectivity index (χ1v) is 7.66. The van der Waals surface area contributed by atoms with Crippen LogP contribution in [-0.2, 0) is 4.79 Å². The first-order valence-electron chi connectivity index (χ1n) is 7.66. The molecule has 1 unspecified atom stereocenters. The predicted molar refractivity (Wildman–Crippen MR) is 82.3 cm³/mol. The Morgan fingerprint density at radius 3 is 2.52 bits per heavy atom. The molecule has 1 atom stereocenters. The van der Waals surface area contributed by atoms with Gasteiger partial charge in [-0.25, -0.2) is 4.79 Å². The number of urea groups is 1. The minimum absolute atomic E-state index is 0.00960. The average molecular weight is 299 g/mol. The summed E-state index contributed by atoms with van der Waals surface area (Å²) in [5.41, 5.74) is -0.0700. The third-order valence-corrected chi connectivity index (χ3v) is 4.19. The molecule has 2 amide bonds. The van der Waals surface area contributed by atoms with Crippen LogP contribution in [-0.4, -0.2) is 66.2 Å². The summed E-state index contributed by atoms with van der Waals surface area (Å²) in [7, 11) is 2.07. The SMILES string of the molecule is CC1CN(C)CCN1C(=O)NCCC(C)(C)CCC(=O)O. The van der Waals surface area contributed by atoms with Crippen LogP contribution in [0.5, 0.6) is 0 Å². The molecule has 0 aliphatic carbocycles. The van der Waals surface area contributed by atoms with Crippen molar-refractivity contribution >= 4 is 12.0 Å². The number of amides is 2. The van der Waals surface area contributed by atoms with Gasteiger partial charge in [0.05, 0.1) is 0 Å². The number of nitrogens with zero attached hydrogens (tertiary/aromatic N) is 2. The van der Waals surface area contributed by atoms with Gasteiger partial charge in [-0.3, -0.25) is 4.79 Å². The fraction of sp³-hybridized carbons (Fsp3) is 0.867. The van der Waals surface area contributed by atoms with Crippen LogP contribution in [0.3, 0.4) is 0 Å². The summed E-state index contributed by atoms with van der Waals surface area (Å²) in [5.74, 6) is -0.765. The molecule has 0 aromatic rings. The number of hydrogen-bond acceptors (Lipinski definition) is 3. The number of hydrogen-bond donors (Lipinski definition) is 2. The number of rotatable bonds is 6. The minimum Gasteiger partial charge on any atom is -0.481 e. The maximum atomic E-state index is 12.2. The van der Waals surface area contributed by atoms with Gasteiger partial charge in [0.15, 0.2) is 0 Å². The van der Waals surface area contributed by atoms with E-state index in [-0.39, 0.29) is 23.9 Å². The monoisotopic (exact) mass is 299 g/mol. The molecule has 1 saturated heterocycles. The molecule has 1 fully saturated rings. The second-order valence-corrected chi connectivity index (χ2v) is 6.84. The standard InChI is InChI=1S/C15H29N3O3/c1-12-11-17(4)9-10-18(12)14(21)16-8-7-15(2,3)6-5-13(19)20/h12H,5-11H2,1-4H3,(H,16,21)(H,19,20). The third-order valence-electron chi connectivity index (χ3n) is 4.19. The number of piperazine rings is 1. The summed E-state index contributed by atoms with van der Waals surface area (Å²) in [6, 6.07) is 0.216. The Morgan fingerprint density at radius 2 is 1.95 bits per heavy atom. The van der Waals surface area contributed by atoms with Crippen LogP contribution < -0.4 is 5.32 Å². The van der Waals surface area contributed by atoms with Crippen molar-refractivity contribution in [2.75, 3.05) is 33.2 Å². The summed E-state index contributed by atoms with van der Waals surface area (Å²) in [6.45, 7) is 9.29. The molecule has 0 spiro atoms. The van der Waals surface area contributed by atoms with Crippen LogP contribution in [0.4, 0.5) is 4.79 Å². The van der Waals surface area contributed by atoms with Crippen LogP contribution in [0.1, 0.15) is 40.0 Å². The summed E-state index contributed by atoms with van der Waals surface area (Å²) >= 11 is 0. The van der Waals surface area contributed by atoms with Crippen molar-refractivity contribution in [2.45, 2.75) is 46.1 Å². The number of carbonyl (C=O) groups is 2. The number of carboxylic acid groups (broad SMARTS) is 1. The molecule has 1 heterocycles. The second-order valence-electron chi connectivity index (χ2n) is 6.84. The van der Waals surface area contributed by atoms with Crippen molar-refractivity contribution in [1.82, 2.24) is 15.1 Å². The van der Waals surface area contributed by atoms with Crippen LogP contribution in [0.25, 0.3) is 0 Å². The average Bonchev–Trinajstić information content (AvgIpc) is 2.36. The van der Waals surface area contributed by atoms with Gasteiger partial charge < -0.3 is 20.2 Å². The second kappa shape index (κ2) is 7.64. The largest absolute Gasteiger partial charge is 0.481 e. The van der Waals surface area contributed by atoms with E-state index in [1.807, 2.05) is 18.7 Å². The topological polar surface area (TPSA) is 72.9 Å². The highest BCUT2D eigenvalue weighted by molar-refractivity contribution is 5.74. The summed E-state index contributed by atoms with van der Waals surface area (Å²) in [6.07, 6.45) is 1.59. The van der Waals surface area contributed by atoms with Crippen LogP contribution in [0.2, 0.25) is 0 Å². The van der Waals surface area contributed by atoms with E-state index < -0.39 is 5.97 Å². The lowest BCUT2D eigenvalue weighted by Gasteiger charge is -2.38. The van der Waals surface area contributed by atoms with Crippen molar-refractivity contribution in [3.63, 3.8) is 0 Å². The zero-order valence-electron chi connectivity index (χ0n) is 13.7. The molecule has 0 saturated carbocycles. The maximum Gasteiger partial charge on any atom is 0.317 e. The Labute approximate surface area is 127 Å². The Kier molecular flexibility index (Phi) is 6.45. The Morgan fingerprint density at radius 1 is 1.29 bits per heavy atom. The minimum atomic E-state index is -0.765. The molecule has 1 rings (SSSR count). The maximum absolute atomic E-state index is 12.2. The van der Waals surface area contributed by atoms with Crippen LogP contribution >= 0.6 is 0 Å². The van der Waals surface area contributed by atoms with Gasteiger partial charge in [-0.15, -0.1) is 0 Å². The first-order chi connectivity index (χ1) is 9.71. The molecule has 0 radical (unpaired) electrons. The Balaban J connectivity index is 2.31. The van der Waals surface area contributed by atoms with Crippen molar-refractivity contribution in [1.29, 1.82) is 0 Å². The fourth-order valence-electron chi connectivity index (χ4n) is 2.62. The highest BCUT2D eigenvalue weighted by atomic mass is 16.4. The van der Waals surface area contributed by atoms with Gasteiger partial charge in [0.1, 0.15) is 0 Å². The molecule has 0 aromatic carbocycles. The molecular formula is C15H29N3O3. The lowest BCUT2D eigenvalue weighted by Crippen LogP contribution is -2.55. The molecule has 1 aliphatic heterocycles. The molecule has 6 nitrogen and oxygen atoms in total. The third kappa shape index (κ3) is 6.33. The van der Waals surface area contributed by atoms with Crippen molar-refractivity contribution in [2.24, 2.45) is 5.41 Å².